The van der Waals surface area contributed by atoms with Crippen LogP contribution in [0.4, 0.5) is 0 Å². The number of hydrogen-bond donors (Lipinski definition) is 1. The van der Waals surface area contributed by atoms with Crippen LogP contribution in [0.3, 0.4) is 0 Å². The molecule has 1 unspecified atom stereocenters. The second kappa shape index (κ2) is 11.5. The van der Waals surface area contributed by atoms with Gasteiger partial charge < -0.3 is 9.47 Å². The van der Waals surface area contributed by atoms with Crippen molar-refractivity contribution in [3.05, 3.63) is 63.8 Å². The predicted octanol–water partition coefficient (Wildman–Crippen LogP) is 6.99. The van der Waals surface area contributed by atoms with Crippen LogP contribution in [-0.2, 0) is 16.0 Å². The number of aryl methyl sites for hydroxylation is 1. The lowest BCUT2D eigenvalue weighted by Gasteiger charge is -2.33. The van der Waals surface area contributed by atoms with E-state index in [2.05, 4.69) is 66.2 Å². The molecule has 1 fully saturated rings. The van der Waals surface area contributed by atoms with Crippen molar-refractivity contribution in [2.45, 2.75) is 59.5 Å². The molecule has 0 spiro atoms. The number of ether oxygens (including phenoxy) is 2. The number of H-pyrrole nitrogens is 1. The quantitative estimate of drug-likeness (QED) is 0.315. The number of halogens is 1. The third-order valence-electron chi connectivity index (χ3n) is 8.06. The van der Waals surface area contributed by atoms with E-state index in [4.69, 9.17) is 21.1 Å². The van der Waals surface area contributed by atoms with Crippen molar-refractivity contribution in [1.29, 1.82) is 0 Å². The van der Waals surface area contributed by atoms with E-state index in [-0.39, 0.29) is 23.9 Å². The number of allylic oxidation sites excluding steroid dienone is 1. The Morgan fingerprint density at radius 3 is 2.68 bits per heavy atom. The molecule has 3 aromatic rings. The highest BCUT2D eigenvalue weighted by Gasteiger charge is 2.27. The van der Waals surface area contributed by atoms with Crippen molar-refractivity contribution in [3.63, 3.8) is 0 Å². The smallest absolute Gasteiger partial charge is 0.309 e. The molecule has 0 bridgehead atoms. The average molecular weight is 536 g/mol. The van der Waals surface area contributed by atoms with E-state index in [0.29, 0.717) is 11.8 Å². The maximum atomic E-state index is 12.1. The summed E-state index contributed by atoms with van der Waals surface area (Å²) in [6.07, 6.45) is 3.76. The molecule has 38 heavy (non-hydrogen) atoms. The number of fused-ring (bicyclic) bond motifs is 2. The Kier molecular flexibility index (Phi) is 8.10. The van der Waals surface area contributed by atoms with Crippen LogP contribution in [0.1, 0.15) is 69.8 Å². The summed E-state index contributed by atoms with van der Waals surface area (Å²) in [5.74, 6) is 1.21. The first-order chi connectivity index (χ1) is 18.3. The Bertz CT molecular complexity index is 1340. The minimum absolute atomic E-state index is 0.0299. The summed E-state index contributed by atoms with van der Waals surface area (Å²) >= 11 is 6.30. The van der Waals surface area contributed by atoms with Crippen molar-refractivity contribution in [3.8, 4) is 5.75 Å². The molecule has 0 amide bonds. The van der Waals surface area contributed by atoms with Gasteiger partial charge in [-0.3, -0.25) is 14.8 Å². The Hall–Kier alpha value is -2.83. The van der Waals surface area contributed by atoms with E-state index in [1.165, 1.54) is 22.3 Å². The molecule has 1 aliphatic heterocycles. The molecule has 202 valence electrons. The summed E-state index contributed by atoms with van der Waals surface area (Å²) in [4.78, 5) is 14.6. The minimum atomic E-state index is -0.0863. The number of nitrogens with zero attached hydrogens (tertiary/aromatic N) is 2. The largest absolute Gasteiger partial charge is 0.485 e. The fourth-order valence-electron chi connectivity index (χ4n) is 5.84. The highest BCUT2D eigenvalue weighted by molar-refractivity contribution is 6.34. The van der Waals surface area contributed by atoms with E-state index in [9.17, 15) is 4.79 Å². The minimum Gasteiger partial charge on any atom is -0.485 e. The van der Waals surface area contributed by atoms with Crippen LogP contribution in [0.15, 0.2) is 42.0 Å². The fraction of sp³-hybridized carbons (Fsp3) is 0.484. The van der Waals surface area contributed by atoms with Gasteiger partial charge in [-0.05, 0) is 105 Å². The molecule has 1 atom stereocenters. The van der Waals surface area contributed by atoms with Gasteiger partial charge in [0.05, 0.1) is 18.0 Å². The number of carbonyl (C=O) groups excluding carboxylic acids is 1. The third kappa shape index (κ3) is 5.62. The summed E-state index contributed by atoms with van der Waals surface area (Å²) in [5.41, 5.74) is 7.51. The molecule has 6 nitrogen and oxygen atoms in total. The van der Waals surface area contributed by atoms with Gasteiger partial charge in [0.1, 0.15) is 17.0 Å². The maximum Gasteiger partial charge on any atom is 0.309 e. The van der Waals surface area contributed by atoms with E-state index in [0.717, 1.165) is 67.5 Å². The highest BCUT2D eigenvalue weighted by atomic mass is 35.5. The van der Waals surface area contributed by atoms with Crippen molar-refractivity contribution in [2.75, 3.05) is 26.2 Å². The van der Waals surface area contributed by atoms with Gasteiger partial charge in [0.25, 0.3) is 0 Å². The van der Waals surface area contributed by atoms with Crippen LogP contribution in [0.2, 0.25) is 5.15 Å². The lowest BCUT2D eigenvalue weighted by molar-refractivity contribution is -0.149. The van der Waals surface area contributed by atoms with Crippen LogP contribution in [0.25, 0.3) is 16.5 Å². The average Bonchev–Trinajstić information content (AvgIpc) is 3.29. The van der Waals surface area contributed by atoms with Gasteiger partial charge in [0.2, 0.25) is 0 Å². The number of carbonyl (C=O) groups is 1. The zero-order chi connectivity index (χ0) is 26.8. The van der Waals surface area contributed by atoms with Crippen molar-refractivity contribution >= 4 is 34.0 Å². The van der Waals surface area contributed by atoms with Gasteiger partial charge in [-0.25, -0.2) is 0 Å². The molecule has 1 N–H and O–H groups in total. The molecule has 2 aliphatic rings. The molecule has 1 aromatic heterocycles. The van der Waals surface area contributed by atoms with Gasteiger partial charge in [0.15, 0.2) is 0 Å². The summed E-state index contributed by atoms with van der Waals surface area (Å²) in [5, 5.41) is 8.56. The number of benzene rings is 2. The molecule has 0 radical (unpaired) electrons. The van der Waals surface area contributed by atoms with Crippen LogP contribution in [0.5, 0.6) is 5.75 Å². The van der Waals surface area contributed by atoms with Crippen LogP contribution in [-0.4, -0.2) is 47.3 Å². The molecule has 2 heterocycles. The predicted molar refractivity (Wildman–Crippen MR) is 152 cm³/mol. The second-order valence-electron chi connectivity index (χ2n) is 10.9. The van der Waals surface area contributed by atoms with E-state index < -0.39 is 0 Å². The number of rotatable bonds is 8. The molecular formula is C31H38ClN3O3. The first kappa shape index (κ1) is 26.8. The van der Waals surface area contributed by atoms with Crippen molar-refractivity contribution in [1.82, 2.24) is 15.1 Å². The Balaban J connectivity index is 1.28. The van der Waals surface area contributed by atoms with Gasteiger partial charge in [-0.2, -0.15) is 5.10 Å². The second-order valence-corrected chi connectivity index (χ2v) is 11.3. The summed E-state index contributed by atoms with van der Waals surface area (Å²) in [6, 6.07) is 12.7. The lowest BCUT2D eigenvalue weighted by atomic mass is 9.85. The van der Waals surface area contributed by atoms with Crippen LogP contribution >= 0.6 is 11.6 Å². The molecule has 5 rings (SSSR count). The zero-order valence-electron chi connectivity index (χ0n) is 22.9. The van der Waals surface area contributed by atoms with Gasteiger partial charge >= 0.3 is 5.97 Å². The normalized spacial score (nSPS) is 17.6. The van der Waals surface area contributed by atoms with E-state index in [1.54, 1.807) is 0 Å². The molecule has 0 saturated carbocycles. The van der Waals surface area contributed by atoms with Crippen LogP contribution in [0, 0.1) is 11.8 Å². The Morgan fingerprint density at radius 1 is 1.16 bits per heavy atom. The first-order valence-corrected chi connectivity index (χ1v) is 14.2. The fourth-order valence-corrected chi connectivity index (χ4v) is 6.04. The van der Waals surface area contributed by atoms with E-state index >= 15 is 0 Å². The topological polar surface area (TPSA) is 67.4 Å². The number of hydrogen-bond acceptors (Lipinski definition) is 5. The van der Waals surface area contributed by atoms with E-state index in [1.807, 2.05) is 13.0 Å². The molecule has 1 aliphatic carbocycles. The highest BCUT2D eigenvalue weighted by Crippen LogP contribution is 2.37. The number of aromatic nitrogens is 2. The molecule has 2 aromatic carbocycles. The first-order valence-electron chi connectivity index (χ1n) is 13.8. The third-order valence-corrected chi connectivity index (χ3v) is 8.35. The van der Waals surface area contributed by atoms with Gasteiger partial charge in [0, 0.05) is 11.9 Å². The van der Waals surface area contributed by atoms with Gasteiger partial charge in [-0.15, -0.1) is 0 Å². The number of piperidine rings is 1. The number of likely N-dealkylation sites (tertiary alicyclic amines) is 1. The summed E-state index contributed by atoms with van der Waals surface area (Å²) in [6.45, 7) is 11.8. The van der Waals surface area contributed by atoms with Crippen LogP contribution < -0.4 is 4.74 Å². The number of nitrogens with one attached hydrogen (secondary N) is 1. The molecule has 1 saturated heterocycles. The zero-order valence-corrected chi connectivity index (χ0v) is 23.6. The Morgan fingerprint density at radius 2 is 1.95 bits per heavy atom. The number of esters is 1. The van der Waals surface area contributed by atoms with Crippen molar-refractivity contribution < 1.29 is 14.3 Å². The van der Waals surface area contributed by atoms with Crippen molar-refractivity contribution in [2.24, 2.45) is 11.8 Å². The monoisotopic (exact) mass is 535 g/mol. The number of aromatic amines is 1. The lowest BCUT2D eigenvalue weighted by Crippen LogP contribution is -2.38. The summed E-state index contributed by atoms with van der Waals surface area (Å²) < 4.78 is 11.8. The maximum absolute atomic E-state index is 12.1. The standard InChI is InChI=1S/C31H38ClN3O3/c1-5-37-31(36)21-12-14-35(15-13-21)18-24-7-6-22-16-25(9-10-26(22)20(24)4)38-29(19(2)3)23-8-11-28-27(17-23)30(32)34-33-28/h8-11,16-17,19,21,29H,5-7,12-15,18H2,1-4H3,(H,33,34). The molecule has 7 heteroatoms. The Labute approximate surface area is 230 Å². The summed E-state index contributed by atoms with van der Waals surface area (Å²) in [7, 11) is 0. The van der Waals surface area contributed by atoms with Gasteiger partial charge in [-0.1, -0.05) is 43.2 Å². The SMILES string of the molecule is CCOC(=O)C1CCN(CC2=C(C)c3ccc(OC(c4ccc5n[nH]c(Cl)c5c4)C(C)C)cc3CC2)CC1. The molecular weight excluding hydrogens is 498 g/mol.